The van der Waals surface area contributed by atoms with Crippen LogP contribution in [0.3, 0.4) is 0 Å². The highest BCUT2D eigenvalue weighted by molar-refractivity contribution is 5.85. The zero-order chi connectivity index (χ0) is 9.26. The lowest BCUT2D eigenvalue weighted by Gasteiger charge is -2.14. The number of rotatable bonds is 1. The topological polar surface area (TPSA) is 32.3 Å². The summed E-state index contributed by atoms with van der Waals surface area (Å²) in [6.07, 6.45) is -0.354. The molecule has 0 aromatic heterocycles. The first-order valence-corrected chi connectivity index (χ1v) is 4.44. The summed E-state index contributed by atoms with van der Waals surface area (Å²) in [6, 6.07) is 6.55. The second-order valence-electron chi connectivity index (χ2n) is 3.30. The molecule has 2 unspecified atom stereocenters. The van der Waals surface area contributed by atoms with Crippen molar-refractivity contribution < 1.29 is 9.50 Å². The van der Waals surface area contributed by atoms with E-state index in [1.54, 1.807) is 18.2 Å². The van der Waals surface area contributed by atoms with Crippen molar-refractivity contribution in [1.82, 2.24) is 5.32 Å². The first kappa shape index (κ1) is 11.3. The summed E-state index contributed by atoms with van der Waals surface area (Å²) in [5, 5.41) is 12.5. The maximum Gasteiger partial charge on any atom is 0.121 e. The number of alkyl halides is 1. The fourth-order valence-electron chi connectivity index (χ4n) is 1.73. The summed E-state index contributed by atoms with van der Waals surface area (Å²) >= 11 is 0. The number of hydrogen-bond acceptors (Lipinski definition) is 2. The summed E-state index contributed by atoms with van der Waals surface area (Å²) in [5.74, 6) is 0.171. The van der Waals surface area contributed by atoms with Crippen LogP contribution < -0.4 is 5.32 Å². The monoisotopic (exact) mass is 217 g/mol. The molecule has 1 aromatic rings. The van der Waals surface area contributed by atoms with Crippen molar-refractivity contribution >= 4 is 12.4 Å². The van der Waals surface area contributed by atoms with E-state index in [1.165, 1.54) is 0 Å². The molecule has 1 saturated heterocycles. The molecule has 0 spiro atoms. The number of benzene rings is 1. The van der Waals surface area contributed by atoms with E-state index in [0.717, 1.165) is 0 Å². The van der Waals surface area contributed by atoms with Crippen molar-refractivity contribution in [2.45, 2.75) is 18.6 Å². The Morgan fingerprint density at radius 1 is 1.36 bits per heavy atom. The van der Waals surface area contributed by atoms with Gasteiger partial charge in [-0.05, 0) is 19.0 Å². The van der Waals surface area contributed by atoms with E-state index in [-0.39, 0.29) is 24.2 Å². The fraction of sp³-hybridized carbons (Fsp3) is 0.400. The van der Waals surface area contributed by atoms with Crippen LogP contribution in [0.1, 0.15) is 18.0 Å². The molecule has 0 saturated carbocycles. The molecule has 2 nitrogen and oxygen atoms in total. The number of hydrogen-bond donors (Lipinski definition) is 2. The summed E-state index contributed by atoms with van der Waals surface area (Å²) < 4.78 is 13.3. The molecular formula is C10H13ClFNO. The maximum absolute atomic E-state index is 13.3. The second kappa shape index (κ2) is 4.62. The average molecular weight is 218 g/mol. The van der Waals surface area contributed by atoms with E-state index in [0.29, 0.717) is 18.5 Å². The van der Waals surface area contributed by atoms with Gasteiger partial charge in [-0.3, -0.25) is 0 Å². The van der Waals surface area contributed by atoms with Crippen LogP contribution in [0, 0.1) is 0 Å². The molecular weight excluding hydrogens is 205 g/mol. The highest BCUT2D eigenvalue weighted by Crippen LogP contribution is 2.31. The molecule has 14 heavy (non-hydrogen) atoms. The number of nitrogens with one attached hydrogen (secondary N) is 1. The standard InChI is InChI=1S/C10H12FNO.ClH/c11-8-5-6-12-10(8)7-3-1-2-4-9(7)13;/h1-4,8,10,12-13H,5-6H2;1H. The second-order valence-corrected chi connectivity index (χ2v) is 3.30. The van der Waals surface area contributed by atoms with Crippen molar-refractivity contribution in [3.63, 3.8) is 0 Å². The van der Waals surface area contributed by atoms with Crippen molar-refractivity contribution in [1.29, 1.82) is 0 Å². The third kappa shape index (κ3) is 1.99. The highest BCUT2D eigenvalue weighted by Gasteiger charge is 2.29. The maximum atomic E-state index is 13.3. The van der Waals surface area contributed by atoms with Gasteiger partial charge >= 0.3 is 0 Å². The SMILES string of the molecule is Cl.Oc1ccccc1C1NCCC1F. The first-order chi connectivity index (χ1) is 6.29. The summed E-state index contributed by atoms with van der Waals surface area (Å²) in [7, 11) is 0. The summed E-state index contributed by atoms with van der Waals surface area (Å²) in [4.78, 5) is 0. The fourth-order valence-corrected chi connectivity index (χ4v) is 1.73. The Bertz CT molecular complexity index is 308. The van der Waals surface area contributed by atoms with E-state index in [1.807, 2.05) is 6.07 Å². The molecule has 78 valence electrons. The average Bonchev–Trinajstić information content (AvgIpc) is 2.52. The first-order valence-electron chi connectivity index (χ1n) is 4.44. The minimum absolute atomic E-state index is 0. The smallest absolute Gasteiger partial charge is 0.121 e. The van der Waals surface area contributed by atoms with Gasteiger partial charge in [0, 0.05) is 5.56 Å². The Kier molecular flexibility index (Phi) is 3.72. The lowest BCUT2D eigenvalue weighted by Crippen LogP contribution is -2.18. The van der Waals surface area contributed by atoms with Crippen LogP contribution in [-0.4, -0.2) is 17.8 Å². The molecule has 1 fully saturated rings. The van der Waals surface area contributed by atoms with Crippen LogP contribution in [0.2, 0.25) is 0 Å². The van der Waals surface area contributed by atoms with E-state index in [4.69, 9.17) is 0 Å². The van der Waals surface area contributed by atoms with Crippen LogP contribution in [0.25, 0.3) is 0 Å². The highest BCUT2D eigenvalue weighted by atomic mass is 35.5. The molecule has 2 rings (SSSR count). The molecule has 4 heteroatoms. The largest absolute Gasteiger partial charge is 0.508 e. The lowest BCUT2D eigenvalue weighted by atomic mass is 10.0. The van der Waals surface area contributed by atoms with Gasteiger partial charge in [-0.2, -0.15) is 0 Å². The predicted molar refractivity (Wildman–Crippen MR) is 55.6 cm³/mol. The van der Waals surface area contributed by atoms with Crippen LogP contribution >= 0.6 is 12.4 Å². The van der Waals surface area contributed by atoms with E-state index >= 15 is 0 Å². The minimum atomic E-state index is -0.881. The van der Waals surface area contributed by atoms with Gasteiger partial charge in [0.2, 0.25) is 0 Å². The zero-order valence-corrected chi connectivity index (χ0v) is 8.43. The Balaban J connectivity index is 0.000000980. The zero-order valence-electron chi connectivity index (χ0n) is 7.61. The molecule has 1 aliphatic rings. The van der Waals surface area contributed by atoms with Gasteiger partial charge in [0.1, 0.15) is 11.9 Å². The Morgan fingerprint density at radius 2 is 2.07 bits per heavy atom. The van der Waals surface area contributed by atoms with E-state index < -0.39 is 6.17 Å². The van der Waals surface area contributed by atoms with E-state index in [2.05, 4.69) is 5.32 Å². The molecule has 2 atom stereocenters. The number of phenolic OH excluding ortho intramolecular Hbond substituents is 1. The van der Waals surface area contributed by atoms with E-state index in [9.17, 15) is 9.50 Å². The molecule has 0 amide bonds. The number of aromatic hydroxyl groups is 1. The van der Waals surface area contributed by atoms with Crippen molar-refractivity contribution in [2.75, 3.05) is 6.54 Å². The Morgan fingerprint density at radius 3 is 2.64 bits per heavy atom. The van der Waals surface area contributed by atoms with Gasteiger partial charge in [0.05, 0.1) is 6.04 Å². The number of phenols is 1. The molecule has 1 aromatic carbocycles. The van der Waals surface area contributed by atoms with Crippen molar-refractivity contribution in [3.8, 4) is 5.75 Å². The van der Waals surface area contributed by atoms with Crippen LogP contribution in [-0.2, 0) is 0 Å². The number of halogens is 2. The third-order valence-electron chi connectivity index (χ3n) is 2.42. The van der Waals surface area contributed by atoms with Gasteiger partial charge in [0.15, 0.2) is 0 Å². The Labute approximate surface area is 88.5 Å². The number of para-hydroxylation sites is 1. The molecule has 0 radical (unpaired) electrons. The van der Waals surface area contributed by atoms with Gasteiger partial charge in [-0.15, -0.1) is 12.4 Å². The molecule has 0 bridgehead atoms. The molecule has 2 N–H and O–H groups in total. The quantitative estimate of drug-likeness (QED) is 0.756. The van der Waals surface area contributed by atoms with Gasteiger partial charge in [-0.25, -0.2) is 4.39 Å². The molecule has 1 aliphatic heterocycles. The van der Waals surface area contributed by atoms with Crippen molar-refractivity contribution in [3.05, 3.63) is 29.8 Å². The van der Waals surface area contributed by atoms with Gasteiger partial charge < -0.3 is 10.4 Å². The van der Waals surface area contributed by atoms with Gasteiger partial charge in [-0.1, -0.05) is 18.2 Å². The van der Waals surface area contributed by atoms with Crippen LogP contribution in [0.4, 0.5) is 4.39 Å². The summed E-state index contributed by atoms with van der Waals surface area (Å²) in [5.41, 5.74) is 0.660. The van der Waals surface area contributed by atoms with Gasteiger partial charge in [0.25, 0.3) is 0 Å². The Hall–Kier alpha value is -0.800. The third-order valence-corrected chi connectivity index (χ3v) is 2.42. The summed E-state index contributed by atoms with van der Waals surface area (Å²) in [6.45, 7) is 0.681. The molecule has 0 aliphatic carbocycles. The normalized spacial score (nSPS) is 25.8. The lowest BCUT2D eigenvalue weighted by molar-refractivity contribution is 0.299. The van der Waals surface area contributed by atoms with Crippen LogP contribution in [0.15, 0.2) is 24.3 Å². The van der Waals surface area contributed by atoms with Crippen molar-refractivity contribution in [2.24, 2.45) is 0 Å². The molecule has 1 heterocycles. The predicted octanol–water partition coefficient (Wildman–Crippen LogP) is 2.19. The minimum Gasteiger partial charge on any atom is -0.508 e. The van der Waals surface area contributed by atoms with Crippen LogP contribution in [0.5, 0.6) is 5.75 Å².